The molecular weight excluding hydrogens is 650 g/mol. The molecule has 1 aliphatic rings. The number of para-hydroxylation sites is 1. The van der Waals surface area contributed by atoms with Crippen LogP contribution in [0.2, 0.25) is 5.02 Å². The Kier molecular flexibility index (Phi) is 11.8. The van der Waals surface area contributed by atoms with Gasteiger partial charge in [0.05, 0.1) is 23.6 Å². The number of aromatic nitrogens is 4. The molecule has 0 bridgehead atoms. The molecule has 5 rings (SSSR count). The normalized spacial score (nSPS) is 12.7. The number of amides is 1. The lowest BCUT2D eigenvalue weighted by Gasteiger charge is -2.25. The number of halogens is 3. The van der Waals surface area contributed by atoms with Crippen LogP contribution in [0.5, 0.6) is 0 Å². The van der Waals surface area contributed by atoms with E-state index < -0.39 is 11.8 Å². The first-order valence-electron chi connectivity index (χ1n) is 13.6. The number of carbonyl (C=O) groups excluding carboxylic acids is 2. The van der Waals surface area contributed by atoms with Gasteiger partial charge < -0.3 is 4.74 Å². The zero-order valence-corrected chi connectivity index (χ0v) is 27.5. The number of hydrogen-bond acceptors (Lipinski definition) is 8. The lowest BCUT2D eigenvalue weighted by molar-refractivity contribution is -0.137. The van der Waals surface area contributed by atoms with Crippen LogP contribution in [0.25, 0.3) is 0 Å². The van der Waals surface area contributed by atoms with Gasteiger partial charge in [-0.3, -0.25) is 28.6 Å². The second-order valence-electron chi connectivity index (χ2n) is 9.70. The van der Waals surface area contributed by atoms with Gasteiger partial charge in [0.25, 0.3) is 0 Å². The molecular formula is C29H31Cl2FN6O4S2. The van der Waals surface area contributed by atoms with Gasteiger partial charge in [-0.1, -0.05) is 29.8 Å². The van der Waals surface area contributed by atoms with E-state index in [2.05, 4.69) is 14.8 Å². The number of alkyl halides is 1. The Morgan fingerprint density at radius 3 is 2.50 bits per heavy atom. The molecule has 234 valence electrons. The number of nitrogens with zero attached hydrogens (tertiary/aromatic N) is 6. The Labute approximate surface area is 271 Å². The third-order valence-corrected chi connectivity index (χ3v) is 9.20. The van der Waals surface area contributed by atoms with E-state index in [1.165, 1.54) is 13.2 Å². The van der Waals surface area contributed by atoms with E-state index in [1.807, 2.05) is 44.3 Å². The summed E-state index contributed by atoms with van der Waals surface area (Å²) in [5.74, 6) is -1.10. The van der Waals surface area contributed by atoms with Gasteiger partial charge in [-0.25, -0.2) is 14.1 Å². The third kappa shape index (κ3) is 8.20. The molecule has 10 nitrogen and oxygen atoms in total. The van der Waals surface area contributed by atoms with Crippen molar-refractivity contribution in [3.63, 3.8) is 0 Å². The topological polar surface area (TPSA) is 104 Å². The number of fused-ring (bicyclic) bond motifs is 1. The Hall–Kier alpha value is -3.39. The Morgan fingerprint density at radius 1 is 1.16 bits per heavy atom. The van der Waals surface area contributed by atoms with Crippen LogP contribution in [0.1, 0.15) is 24.0 Å². The molecule has 0 radical (unpaired) electrons. The van der Waals surface area contributed by atoms with Crippen molar-refractivity contribution < 1.29 is 18.7 Å². The van der Waals surface area contributed by atoms with E-state index in [-0.39, 0.29) is 33.1 Å². The van der Waals surface area contributed by atoms with Crippen LogP contribution in [-0.2, 0) is 34.1 Å². The summed E-state index contributed by atoms with van der Waals surface area (Å²) in [6, 6.07) is 10.4. The highest BCUT2D eigenvalue weighted by Crippen LogP contribution is 2.33. The van der Waals surface area contributed by atoms with Crippen molar-refractivity contribution in [2.24, 2.45) is 4.99 Å². The molecule has 2 aromatic heterocycles. The van der Waals surface area contributed by atoms with Crippen LogP contribution < -0.4 is 14.6 Å². The van der Waals surface area contributed by atoms with E-state index in [0.717, 1.165) is 58.8 Å². The zero-order valence-electron chi connectivity index (χ0n) is 24.3. The summed E-state index contributed by atoms with van der Waals surface area (Å²) in [7, 11) is 1.30. The molecule has 0 fully saturated rings. The Morgan fingerprint density at radius 2 is 1.86 bits per heavy atom. The van der Waals surface area contributed by atoms with Crippen LogP contribution in [-0.4, -0.2) is 49.8 Å². The maximum atomic E-state index is 14.3. The molecule has 44 heavy (non-hydrogen) atoms. The van der Waals surface area contributed by atoms with E-state index >= 15 is 0 Å². The number of thioether (sulfide) groups is 1. The van der Waals surface area contributed by atoms with Crippen molar-refractivity contribution in [3.05, 3.63) is 85.2 Å². The van der Waals surface area contributed by atoms with E-state index in [1.54, 1.807) is 25.1 Å². The van der Waals surface area contributed by atoms with E-state index in [0.29, 0.717) is 29.5 Å². The van der Waals surface area contributed by atoms with Crippen molar-refractivity contribution in [3.8, 4) is 0 Å². The predicted molar refractivity (Wildman–Crippen MR) is 172 cm³/mol. The SMILES string of the molecule is COC(=O)CSc1cc(/N=c2\sc(=O)n3n2CCCC3)c(F)cc1Cl.Cc1cccc(C)c1N(Cn1cccn1)C(=O)CCl. The van der Waals surface area contributed by atoms with Gasteiger partial charge in [-0.15, -0.1) is 23.4 Å². The molecule has 0 unspecified atom stereocenters. The van der Waals surface area contributed by atoms with Crippen LogP contribution in [0.4, 0.5) is 15.8 Å². The lowest BCUT2D eigenvalue weighted by Crippen LogP contribution is -2.35. The van der Waals surface area contributed by atoms with E-state index in [4.69, 9.17) is 23.2 Å². The third-order valence-electron chi connectivity index (χ3n) is 6.65. The standard InChI is InChI=1S/C15H15ClFN3O3S2.C14H16ClN3O/c1-23-13(21)8-24-12-7-11(10(17)6-9(12)16)18-14-19-4-2-3-5-20(19)15(22)25-14;1-11-5-3-6-12(2)14(11)18(13(19)9-15)10-17-8-4-7-16-17/h6-7H,2-5,8H2,1H3;3-8H,9-10H2,1-2H3/b18-14-;. The molecule has 0 spiro atoms. The molecule has 1 aliphatic heterocycles. The minimum absolute atomic E-state index is 0.0466. The number of benzene rings is 2. The highest BCUT2D eigenvalue weighted by Gasteiger charge is 2.19. The quantitative estimate of drug-likeness (QED) is 0.138. The second kappa shape index (κ2) is 15.6. The largest absolute Gasteiger partial charge is 0.468 e. The second-order valence-corrected chi connectivity index (χ2v) is 12.3. The number of hydrogen-bond donors (Lipinski definition) is 0. The van der Waals surface area contributed by atoms with Crippen LogP contribution in [0, 0.1) is 19.7 Å². The molecule has 0 atom stereocenters. The summed E-state index contributed by atoms with van der Waals surface area (Å²) >= 11 is 13.9. The average Bonchev–Trinajstić information content (AvgIpc) is 3.64. The van der Waals surface area contributed by atoms with Crippen molar-refractivity contribution >= 4 is 69.6 Å². The van der Waals surface area contributed by atoms with Gasteiger partial charge in [0.2, 0.25) is 10.7 Å². The van der Waals surface area contributed by atoms with Crippen LogP contribution in [0.15, 0.2) is 63.5 Å². The first kappa shape index (κ1) is 33.5. The van der Waals surface area contributed by atoms with Crippen molar-refractivity contribution in [1.82, 2.24) is 19.1 Å². The monoisotopic (exact) mass is 680 g/mol. The number of rotatable bonds is 8. The Balaban J connectivity index is 0.000000209. The van der Waals surface area contributed by atoms with E-state index in [9.17, 15) is 18.8 Å². The number of methoxy groups -OCH3 is 1. The minimum Gasteiger partial charge on any atom is -0.468 e. The molecule has 0 saturated carbocycles. The molecule has 15 heteroatoms. The van der Waals surface area contributed by atoms with Crippen molar-refractivity contribution in [2.45, 2.75) is 51.3 Å². The fourth-order valence-corrected chi connectivity index (χ4v) is 6.67. The number of carbonyl (C=O) groups is 2. The smallest absolute Gasteiger partial charge is 0.325 e. The van der Waals surface area contributed by atoms with Crippen molar-refractivity contribution in [2.75, 3.05) is 23.6 Å². The predicted octanol–water partition coefficient (Wildman–Crippen LogP) is 5.52. The van der Waals surface area contributed by atoms with Gasteiger partial charge in [0.1, 0.15) is 24.1 Å². The molecule has 3 heterocycles. The zero-order chi connectivity index (χ0) is 31.8. The van der Waals surface area contributed by atoms with Gasteiger partial charge in [-0.2, -0.15) is 5.10 Å². The lowest BCUT2D eigenvalue weighted by atomic mass is 10.1. The molecule has 0 aliphatic carbocycles. The first-order valence-corrected chi connectivity index (χ1v) is 16.3. The maximum absolute atomic E-state index is 14.3. The number of esters is 1. The van der Waals surface area contributed by atoms with Gasteiger partial charge in [-0.05, 0) is 67.4 Å². The number of anilines is 1. The van der Waals surface area contributed by atoms with Gasteiger partial charge in [0, 0.05) is 30.4 Å². The average molecular weight is 682 g/mol. The summed E-state index contributed by atoms with van der Waals surface area (Å²) in [6.45, 7) is 5.66. The highest BCUT2D eigenvalue weighted by atomic mass is 35.5. The van der Waals surface area contributed by atoms with Gasteiger partial charge in [0.15, 0.2) is 0 Å². The molecule has 0 N–H and O–H groups in total. The maximum Gasteiger partial charge on any atom is 0.325 e. The summed E-state index contributed by atoms with van der Waals surface area (Å²) in [4.78, 5) is 42.3. The summed E-state index contributed by atoms with van der Waals surface area (Å²) in [6.07, 6.45) is 5.41. The minimum atomic E-state index is -0.580. The van der Waals surface area contributed by atoms with Gasteiger partial charge >= 0.3 is 10.8 Å². The summed E-state index contributed by atoms with van der Waals surface area (Å²) < 4.78 is 24.0. The molecule has 1 amide bonds. The molecule has 4 aromatic rings. The first-order chi connectivity index (χ1) is 21.1. The highest BCUT2D eigenvalue weighted by molar-refractivity contribution is 8.00. The summed E-state index contributed by atoms with van der Waals surface area (Å²) in [5.41, 5.74) is 3.08. The van der Waals surface area contributed by atoms with Crippen LogP contribution in [0.3, 0.4) is 0 Å². The number of aryl methyl sites for hydroxylation is 2. The van der Waals surface area contributed by atoms with Crippen molar-refractivity contribution in [1.29, 1.82) is 0 Å². The fraction of sp³-hybridized carbons (Fsp3) is 0.345. The fourth-order valence-electron chi connectivity index (χ4n) is 4.54. The molecule has 2 aromatic carbocycles. The Bertz CT molecular complexity index is 1730. The molecule has 0 saturated heterocycles. The van der Waals surface area contributed by atoms with Crippen LogP contribution >= 0.6 is 46.3 Å². The number of ether oxygens (including phenoxy) is 1. The summed E-state index contributed by atoms with van der Waals surface area (Å²) in [5, 5.41) is 4.34.